The van der Waals surface area contributed by atoms with Crippen LogP contribution in [0.2, 0.25) is 0 Å². The minimum absolute atomic E-state index is 0.108. The Morgan fingerprint density at radius 1 is 1.39 bits per heavy atom. The Morgan fingerprint density at radius 3 is 2.86 bits per heavy atom. The fourth-order valence-electron chi connectivity index (χ4n) is 3.47. The van der Waals surface area contributed by atoms with Gasteiger partial charge in [0.2, 0.25) is 0 Å². The molecule has 0 spiro atoms. The molecule has 4 rings (SSSR count). The van der Waals surface area contributed by atoms with Crippen molar-refractivity contribution < 1.29 is 14.3 Å². The lowest BCUT2D eigenvalue weighted by Crippen LogP contribution is -2.28. The molecular formula is C21H24N4O3. The van der Waals surface area contributed by atoms with Crippen LogP contribution in [0.4, 0.5) is 0 Å². The molecule has 0 saturated heterocycles. The van der Waals surface area contributed by atoms with E-state index >= 15 is 0 Å². The summed E-state index contributed by atoms with van der Waals surface area (Å²) in [5.41, 5.74) is 3.30. The molecule has 1 aliphatic heterocycles. The van der Waals surface area contributed by atoms with E-state index in [4.69, 9.17) is 4.74 Å². The maximum atomic E-state index is 12.9. The Kier molecular flexibility index (Phi) is 4.75. The SMILES string of the molecule is CNC(=O)c1nccc2c1CN(C(C)c1cc(C)c(OCC3CC3)cn1)C2=O. The number of rotatable bonds is 6. The van der Waals surface area contributed by atoms with Crippen molar-refractivity contribution in [2.24, 2.45) is 5.92 Å². The van der Waals surface area contributed by atoms with Crippen LogP contribution >= 0.6 is 0 Å². The molecule has 1 saturated carbocycles. The fourth-order valence-corrected chi connectivity index (χ4v) is 3.47. The third kappa shape index (κ3) is 3.32. The van der Waals surface area contributed by atoms with Crippen LogP contribution in [0.3, 0.4) is 0 Å². The highest BCUT2D eigenvalue weighted by Crippen LogP contribution is 2.33. The van der Waals surface area contributed by atoms with E-state index in [1.165, 1.54) is 19.0 Å². The highest BCUT2D eigenvalue weighted by atomic mass is 16.5. The summed E-state index contributed by atoms with van der Waals surface area (Å²) >= 11 is 0. The first kappa shape index (κ1) is 18.4. The molecule has 0 aromatic carbocycles. The first-order chi connectivity index (χ1) is 13.5. The van der Waals surface area contributed by atoms with Crippen molar-refractivity contribution in [3.05, 3.63) is 52.6 Å². The van der Waals surface area contributed by atoms with Crippen LogP contribution < -0.4 is 10.1 Å². The second kappa shape index (κ2) is 7.22. The third-order valence-corrected chi connectivity index (χ3v) is 5.47. The van der Waals surface area contributed by atoms with Crippen LogP contribution in [-0.4, -0.2) is 40.3 Å². The van der Waals surface area contributed by atoms with E-state index < -0.39 is 0 Å². The molecule has 7 heteroatoms. The first-order valence-corrected chi connectivity index (χ1v) is 9.60. The van der Waals surface area contributed by atoms with Crippen molar-refractivity contribution in [3.8, 4) is 5.75 Å². The van der Waals surface area contributed by atoms with Crippen LogP contribution in [0.25, 0.3) is 0 Å². The Morgan fingerprint density at radius 2 is 2.18 bits per heavy atom. The monoisotopic (exact) mass is 380 g/mol. The quantitative estimate of drug-likeness (QED) is 0.833. The van der Waals surface area contributed by atoms with Gasteiger partial charge in [0.25, 0.3) is 11.8 Å². The minimum Gasteiger partial charge on any atom is -0.491 e. The molecule has 7 nitrogen and oxygen atoms in total. The summed E-state index contributed by atoms with van der Waals surface area (Å²) in [5, 5.41) is 2.58. The number of nitrogens with one attached hydrogen (secondary N) is 1. The van der Waals surface area contributed by atoms with E-state index in [1.807, 2.05) is 19.9 Å². The van der Waals surface area contributed by atoms with Crippen LogP contribution in [0.15, 0.2) is 24.5 Å². The molecule has 2 aromatic heterocycles. The predicted octanol–water partition coefficient (Wildman–Crippen LogP) is 2.65. The Hall–Kier alpha value is -2.96. The Bertz CT molecular complexity index is 939. The molecule has 1 unspecified atom stereocenters. The minimum atomic E-state index is -0.287. The smallest absolute Gasteiger partial charge is 0.269 e. The summed E-state index contributed by atoms with van der Waals surface area (Å²) in [4.78, 5) is 35.4. The number of amides is 2. The summed E-state index contributed by atoms with van der Waals surface area (Å²) < 4.78 is 5.85. The van der Waals surface area contributed by atoms with E-state index in [0.717, 1.165) is 23.6 Å². The molecule has 2 amide bonds. The molecule has 1 fully saturated rings. The lowest BCUT2D eigenvalue weighted by atomic mass is 10.1. The van der Waals surface area contributed by atoms with Crippen molar-refractivity contribution in [2.45, 2.75) is 39.3 Å². The van der Waals surface area contributed by atoms with E-state index in [9.17, 15) is 9.59 Å². The number of ether oxygens (including phenoxy) is 1. The molecule has 1 atom stereocenters. The summed E-state index contributed by atoms with van der Waals surface area (Å²) in [6.45, 7) is 5.02. The van der Waals surface area contributed by atoms with Gasteiger partial charge in [0, 0.05) is 30.9 Å². The van der Waals surface area contributed by atoms with E-state index in [2.05, 4.69) is 15.3 Å². The molecule has 0 bridgehead atoms. The Balaban J connectivity index is 1.55. The summed E-state index contributed by atoms with van der Waals surface area (Å²) in [6, 6.07) is 3.42. The molecule has 1 aliphatic carbocycles. The molecule has 2 aliphatic rings. The summed E-state index contributed by atoms with van der Waals surface area (Å²) in [6.07, 6.45) is 5.73. The van der Waals surface area contributed by atoms with Gasteiger partial charge >= 0.3 is 0 Å². The molecule has 3 heterocycles. The Labute approximate surface area is 164 Å². The lowest BCUT2D eigenvalue weighted by Gasteiger charge is -2.24. The number of hydrogen-bond donors (Lipinski definition) is 1. The van der Waals surface area contributed by atoms with Crippen LogP contribution in [0.1, 0.15) is 63.5 Å². The number of carbonyl (C=O) groups excluding carboxylic acids is 2. The van der Waals surface area contributed by atoms with Gasteiger partial charge in [0.15, 0.2) is 0 Å². The number of pyridine rings is 2. The summed E-state index contributed by atoms with van der Waals surface area (Å²) in [7, 11) is 1.56. The second-order valence-electron chi connectivity index (χ2n) is 7.50. The van der Waals surface area contributed by atoms with Crippen molar-refractivity contribution in [3.63, 3.8) is 0 Å². The maximum absolute atomic E-state index is 12.9. The van der Waals surface area contributed by atoms with Gasteiger partial charge in [-0.3, -0.25) is 19.6 Å². The third-order valence-electron chi connectivity index (χ3n) is 5.47. The van der Waals surface area contributed by atoms with Gasteiger partial charge in [-0.15, -0.1) is 0 Å². The fraction of sp³-hybridized carbons (Fsp3) is 0.429. The van der Waals surface area contributed by atoms with Gasteiger partial charge in [-0.25, -0.2) is 0 Å². The zero-order valence-corrected chi connectivity index (χ0v) is 16.4. The summed E-state index contributed by atoms with van der Waals surface area (Å²) in [5.74, 6) is 1.08. The number of hydrogen-bond acceptors (Lipinski definition) is 5. The second-order valence-corrected chi connectivity index (χ2v) is 7.50. The molecule has 2 aromatic rings. The number of fused-ring (bicyclic) bond motifs is 1. The molecule has 28 heavy (non-hydrogen) atoms. The zero-order valence-electron chi connectivity index (χ0n) is 16.4. The molecule has 0 radical (unpaired) electrons. The number of nitrogens with zero attached hydrogens (tertiary/aromatic N) is 3. The van der Waals surface area contributed by atoms with E-state index in [-0.39, 0.29) is 17.9 Å². The van der Waals surface area contributed by atoms with Crippen molar-refractivity contribution in [1.82, 2.24) is 20.2 Å². The zero-order chi connectivity index (χ0) is 19.8. The van der Waals surface area contributed by atoms with Gasteiger partial charge in [0.05, 0.1) is 24.5 Å². The van der Waals surface area contributed by atoms with E-state index in [1.54, 1.807) is 24.2 Å². The normalized spacial score (nSPS) is 16.7. The average molecular weight is 380 g/mol. The molecular weight excluding hydrogens is 356 g/mol. The average Bonchev–Trinajstić information content (AvgIpc) is 3.48. The highest BCUT2D eigenvalue weighted by Gasteiger charge is 2.35. The first-order valence-electron chi connectivity index (χ1n) is 9.60. The predicted molar refractivity (Wildman–Crippen MR) is 103 cm³/mol. The van der Waals surface area contributed by atoms with Gasteiger partial charge < -0.3 is 15.0 Å². The van der Waals surface area contributed by atoms with Gasteiger partial charge in [-0.1, -0.05) is 0 Å². The molecule has 146 valence electrons. The van der Waals surface area contributed by atoms with Crippen LogP contribution in [0, 0.1) is 12.8 Å². The van der Waals surface area contributed by atoms with Crippen molar-refractivity contribution in [2.75, 3.05) is 13.7 Å². The standard InChI is InChI=1S/C21H24N4O3/c1-12-8-17(24-9-18(12)28-11-14-4-5-14)13(2)25-10-16-15(21(25)27)6-7-23-19(16)20(26)22-3/h6-9,13-14H,4-5,10-11H2,1-3H3,(H,22,26). The largest absolute Gasteiger partial charge is 0.491 e. The van der Waals surface area contributed by atoms with Gasteiger partial charge in [-0.2, -0.15) is 0 Å². The maximum Gasteiger partial charge on any atom is 0.269 e. The van der Waals surface area contributed by atoms with Gasteiger partial charge in [0.1, 0.15) is 11.4 Å². The lowest BCUT2D eigenvalue weighted by molar-refractivity contribution is 0.0711. The van der Waals surface area contributed by atoms with Crippen molar-refractivity contribution >= 4 is 11.8 Å². The number of aryl methyl sites for hydroxylation is 1. The molecule has 1 N–H and O–H groups in total. The topological polar surface area (TPSA) is 84.4 Å². The van der Waals surface area contributed by atoms with Crippen LogP contribution in [-0.2, 0) is 6.54 Å². The van der Waals surface area contributed by atoms with Gasteiger partial charge in [-0.05, 0) is 50.3 Å². The van der Waals surface area contributed by atoms with Crippen molar-refractivity contribution in [1.29, 1.82) is 0 Å². The number of aromatic nitrogens is 2. The van der Waals surface area contributed by atoms with E-state index in [0.29, 0.717) is 29.3 Å². The highest BCUT2D eigenvalue weighted by molar-refractivity contribution is 6.03. The van der Waals surface area contributed by atoms with Crippen LogP contribution in [0.5, 0.6) is 5.75 Å². The number of carbonyl (C=O) groups is 2.